The van der Waals surface area contributed by atoms with Crippen molar-refractivity contribution in [1.82, 2.24) is 9.97 Å². The van der Waals surface area contributed by atoms with E-state index in [9.17, 15) is 4.79 Å². The molecule has 0 aliphatic carbocycles. The summed E-state index contributed by atoms with van der Waals surface area (Å²) >= 11 is 0. The molecule has 1 aromatic heterocycles. The molecule has 1 amide bonds. The van der Waals surface area contributed by atoms with Gasteiger partial charge in [0.2, 0.25) is 5.95 Å². The van der Waals surface area contributed by atoms with E-state index >= 15 is 0 Å². The van der Waals surface area contributed by atoms with Crippen LogP contribution in [0, 0.1) is 6.92 Å². The lowest BCUT2D eigenvalue weighted by Gasteiger charge is -2.18. The van der Waals surface area contributed by atoms with Gasteiger partial charge in [-0.25, -0.2) is 9.97 Å². The van der Waals surface area contributed by atoms with E-state index in [0.29, 0.717) is 11.6 Å². The van der Waals surface area contributed by atoms with Gasteiger partial charge in [-0.3, -0.25) is 4.79 Å². The smallest absolute Gasteiger partial charge is 0.276 e. The second kappa shape index (κ2) is 7.78. The second-order valence-corrected chi connectivity index (χ2v) is 6.19. The standard InChI is InChI=1S/C21H22N4O/c1-15-14-19(20(26)25(3)18-12-8-5-9-13-18)24-21(22-15)23-16(2)17-10-6-4-7-11-17/h4-14,16H,1-3H3,(H,22,23,24). The van der Waals surface area contributed by atoms with E-state index in [0.717, 1.165) is 16.9 Å². The first kappa shape index (κ1) is 17.6. The summed E-state index contributed by atoms with van der Waals surface area (Å²) in [6.45, 7) is 3.90. The number of rotatable bonds is 5. The van der Waals surface area contributed by atoms with Gasteiger partial charge in [-0.05, 0) is 37.6 Å². The largest absolute Gasteiger partial charge is 0.348 e. The van der Waals surface area contributed by atoms with Crippen molar-refractivity contribution < 1.29 is 4.79 Å². The van der Waals surface area contributed by atoms with Gasteiger partial charge in [-0.1, -0.05) is 48.5 Å². The molecule has 1 N–H and O–H groups in total. The molecule has 3 rings (SSSR count). The maximum absolute atomic E-state index is 12.8. The van der Waals surface area contributed by atoms with Gasteiger partial charge in [0.25, 0.3) is 5.91 Å². The van der Waals surface area contributed by atoms with Crippen molar-refractivity contribution in [2.24, 2.45) is 0 Å². The topological polar surface area (TPSA) is 58.1 Å². The zero-order valence-corrected chi connectivity index (χ0v) is 15.2. The number of para-hydroxylation sites is 1. The predicted molar refractivity (Wildman–Crippen MR) is 104 cm³/mol. The Morgan fingerprint density at radius 3 is 2.27 bits per heavy atom. The molecule has 0 spiro atoms. The van der Waals surface area contributed by atoms with Gasteiger partial charge in [0.15, 0.2) is 0 Å². The highest BCUT2D eigenvalue weighted by molar-refractivity contribution is 6.04. The van der Waals surface area contributed by atoms with Crippen molar-refractivity contribution in [2.45, 2.75) is 19.9 Å². The zero-order valence-electron chi connectivity index (χ0n) is 15.2. The minimum Gasteiger partial charge on any atom is -0.348 e. The van der Waals surface area contributed by atoms with E-state index in [-0.39, 0.29) is 11.9 Å². The number of amides is 1. The molecular formula is C21H22N4O. The lowest BCUT2D eigenvalue weighted by Crippen LogP contribution is -2.27. The van der Waals surface area contributed by atoms with Crippen LogP contribution in [-0.4, -0.2) is 22.9 Å². The average molecular weight is 346 g/mol. The third-order valence-corrected chi connectivity index (χ3v) is 4.17. The molecule has 1 unspecified atom stereocenters. The van der Waals surface area contributed by atoms with Crippen molar-refractivity contribution in [2.75, 3.05) is 17.3 Å². The number of hydrogen-bond acceptors (Lipinski definition) is 4. The molecule has 1 heterocycles. The Hall–Kier alpha value is -3.21. The Balaban J connectivity index is 1.82. The zero-order chi connectivity index (χ0) is 18.5. The fourth-order valence-electron chi connectivity index (χ4n) is 2.70. The number of aromatic nitrogens is 2. The molecule has 0 aliphatic rings. The summed E-state index contributed by atoms with van der Waals surface area (Å²) in [5.41, 5.74) is 3.06. The number of nitrogens with one attached hydrogen (secondary N) is 1. The predicted octanol–water partition coefficient (Wildman–Crippen LogP) is 4.23. The molecule has 5 nitrogen and oxygen atoms in total. The summed E-state index contributed by atoms with van der Waals surface area (Å²) in [6.07, 6.45) is 0. The van der Waals surface area contributed by atoms with Crippen LogP contribution in [0.5, 0.6) is 0 Å². The minimum absolute atomic E-state index is 0.0350. The van der Waals surface area contributed by atoms with Gasteiger partial charge in [0, 0.05) is 18.4 Å². The monoisotopic (exact) mass is 346 g/mol. The van der Waals surface area contributed by atoms with Gasteiger partial charge in [0.1, 0.15) is 5.69 Å². The van der Waals surface area contributed by atoms with Gasteiger partial charge < -0.3 is 10.2 Å². The van der Waals surface area contributed by atoms with E-state index in [1.165, 1.54) is 0 Å². The number of carbonyl (C=O) groups is 1. The molecular weight excluding hydrogens is 324 g/mol. The van der Waals surface area contributed by atoms with Gasteiger partial charge in [0.05, 0.1) is 6.04 Å². The molecule has 5 heteroatoms. The van der Waals surface area contributed by atoms with E-state index < -0.39 is 0 Å². The van der Waals surface area contributed by atoms with Crippen molar-refractivity contribution in [3.8, 4) is 0 Å². The van der Waals surface area contributed by atoms with Crippen molar-refractivity contribution in [3.63, 3.8) is 0 Å². The van der Waals surface area contributed by atoms with E-state index in [2.05, 4.69) is 15.3 Å². The summed E-state index contributed by atoms with van der Waals surface area (Å²) in [5.74, 6) is 0.281. The number of nitrogens with zero attached hydrogens (tertiary/aromatic N) is 3. The minimum atomic E-state index is -0.169. The Labute approximate surface area is 153 Å². The fraction of sp³-hybridized carbons (Fsp3) is 0.190. The molecule has 0 radical (unpaired) electrons. The number of carbonyl (C=O) groups excluding carboxylic acids is 1. The Morgan fingerprint density at radius 2 is 1.62 bits per heavy atom. The number of aryl methyl sites for hydroxylation is 1. The highest BCUT2D eigenvalue weighted by Gasteiger charge is 2.17. The number of anilines is 2. The first-order valence-electron chi connectivity index (χ1n) is 8.55. The van der Waals surface area contributed by atoms with Crippen LogP contribution >= 0.6 is 0 Å². The summed E-state index contributed by atoms with van der Waals surface area (Å²) < 4.78 is 0. The first-order chi connectivity index (χ1) is 12.5. The molecule has 0 saturated carbocycles. The third kappa shape index (κ3) is 4.06. The lowest BCUT2D eigenvalue weighted by atomic mass is 10.1. The molecule has 1 atom stereocenters. The molecule has 2 aromatic carbocycles. The lowest BCUT2D eigenvalue weighted by molar-refractivity contribution is 0.0988. The average Bonchev–Trinajstić information content (AvgIpc) is 2.67. The summed E-state index contributed by atoms with van der Waals surface area (Å²) in [6, 6.07) is 21.3. The van der Waals surface area contributed by atoms with Crippen LogP contribution in [0.1, 0.15) is 34.7 Å². The van der Waals surface area contributed by atoms with Gasteiger partial charge in [-0.15, -0.1) is 0 Å². The van der Waals surface area contributed by atoms with Crippen LogP contribution in [0.25, 0.3) is 0 Å². The third-order valence-electron chi connectivity index (χ3n) is 4.17. The quantitative estimate of drug-likeness (QED) is 0.751. The summed E-state index contributed by atoms with van der Waals surface area (Å²) in [7, 11) is 1.74. The maximum Gasteiger partial charge on any atom is 0.276 e. The van der Waals surface area contributed by atoms with Crippen LogP contribution in [-0.2, 0) is 0 Å². The molecule has 132 valence electrons. The van der Waals surface area contributed by atoms with Crippen LogP contribution in [0.15, 0.2) is 66.7 Å². The number of hydrogen-bond donors (Lipinski definition) is 1. The van der Waals surface area contributed by atoms with Crippen molar-refractivity contribution in [3.05, 3.63) is 83.7 Å². The van der Waals surface area contributed by atoms with Crippen LogP contribution in [0.3, 0.4) is 0 Å². The van der Waals surface area contributed by atoms with Crippen molar-refractivity contribution >= 4 is 17.5 Å². The Kier molecular flexibility index (Phi) is 5.27. The van der Waals surface area contributed by atoms with Gasteiger partial charge >= 0.3 is 0 Å². The highest BCUT2D eigenvalue weighted by Crippen LogP contribution is 2.19. The Morgan fingerprint density at radius 1 is 1.00 bits per heavy atom. The molecule has 26 heavy (non-hydrogen) atoms. The normalized spacial score (nSPS) is 11.7. The van der Waals surface area contributed by atoms with E-state index in [1.54, 1.807) is 18.0 Å². The van der Waals surface area contributed by atoms with Crippen molar-refractivity contribution in [1.29, 1.82) is 0 Å². The molecule has 0 saturated heterocycles. The second-order valence-electron chi connectivity index (χ2n) is 6.19. The first-order valence-corrected chi connectivity index (χ1v) is 8.55. The van der Waals surface area contributed by atoms with E-state index in [4.69, 9.17) is 0 Å². The van der Waals surface area contributed by atoms with E-state index in [1.807, 2.05) is 74.5 Å². The number of benzene rings is 2. The van der Waals surface area contributed by atoms with Gasteiger partial charge in [-0.2, -0.15) is 0 Å². The summed E-state index contributed by atoms with van der Waals surface area (Å²) in [5, 5.41) is 3.28. The molecule has 0 bridgehead atoms. The highest BCUT2D eigenvalue weighted by atomic mass is 16.2. The van der Waals surface area contributed by atoms with Crippen LogP contribution in [0.2, 0.25) is 0 Å². The van der Waals surface area contributed by atoms with Crippen LogP contribution < -0.4 is 10.2 Å². The molecule has 3 aromatic rings. The summed E-state index contributed by atoms with van der Waals surface area (Å²) in [4.78, 5) is 23.3. The molecule has 0 fully saturated rings. The SMILES string of the molecule is Cc1cc(C(=O)N(C)c2ccccc2)nc(NC(C)c2ccccc2)n1. The fourth-order valence-corrected chi connectivity index (χ4v) is 2.70. The van der Waals surface area contributed by atoms with Crippen LogP contribution in [0.4, 0.5) is 11.6 Å². The Bertz CT molecular complexity index is 881. The maximum atomic E-state index is 12.8. The molecule has 0 aliphatic heterocycles.